The van der Waals surface area contributed by atoms with Crippen molar-refractivity contribution in [2.45, 2.75) is 51.1 Å². The molecular formula is C19H25N5OS. The van der Waals surface area contributed by atoms with Crippen LogP contribution in [0.1, 0.15) is 47.3 Å². The van der Waals surface area contributed by atoms with Crippen molar-refractivity contribution in [2.24, 2.45) is 5.73 Å². The zero-order chi connectivity index (χ0) is 18.1. The molecule has 6 nitrogen and oxygen atoms in total. The molecule has 0 spiro atoms. The van der Waals surface area contributed by atoms with Crippen molar-refractivity contribution < 1.29 is 4.79 Å². The van der Waals surface area contributed by atoms with Gasteiger partial charge in [-0.1, -0.05) is 12.8 Å². The maximum atomic E-state index is 12.5. The Morgan fingerprint density at radius 3 is 2.88 bits per heavy atom. The van der Waals surface area contributed by atoms with E-state index in [2.05, 4.69) is 26.4 Å². The van der Waals surface area contributed by atoms with Crippen LogP contribution in [0.5, 0.6) is 0 Å². The molecule has 4 rings (SSSR count). The van der Waals surface area contributed by atoms with E-state index in [4.69, 9.17) is 5.73 Å². The molecular weight excluding hydrogens is 346 g/mol. The van der Waals surface area contributed by atoms with Gasteiger partial charge >= 0.3 is 0 Å². The van der Waals surface area contributed by atoms with Gasteiger partial charge in [-0.15, -0.1) is 0 Å². The first-order chi connectivity index (χ1) is 12.6. The number of rotatable bonds is 4. The predicted molar refractivity (Wildman–Crippen MR) is 106 cm³/mol. The summed E-state index contributed by atoms with van der Waals surface area (Å²) in [5, 5.41) is 10.9. The van der Waals surface area contributed by atoms with Gasteiger partial charge in [0.15, 0.2) is 0 Å². The van der Waals surface area contributed by atoms with Crippen molar-refractivity contribution in [1.29, 1.82) is 0 Å². The van der Waals surface area contributed by atoms with Crippen LogP contribution in [-0.4, -0.2) is 28.9 Å². The Kier molecular flexibility index (Phi) is 4.82. The summed E-state index contributed by atoms with van der Waals surface area (Å²) in [5.74, 6) is -0.0177. The molecule has 0 unspecified atom stereocenters. The van der Waals surface area contributed by atoms with Crippen LogP contribution in [0.4, 0.5) is 16.4 Å². The van der Waals surface area contributed by atoms with Gasteiger partial charge < -0.3 is 21.7 Å². The van der Waals surface area contributed by atoms with E-state index in [1.54, 1.807) is 0 Å². The number of hydrogen-bond donors (Lipinski definition) is 4. The number of anilines is 3. The topological polar surface area (TPSA) is 92.1 Å². The number of benzene rings is 1. The lowest BCUT2D eigenvalue weighted by molar-refractivity contribution is 0.0947. The van der Waals surface area contributed by atoms with E-state index in [9.17, 15) is 4.79 Å². The van der Waals surface area contributed by atoms with Crippen LogP contribution in [0, 0.1) is 6.92 Å². The molecule has 0 saturated heterocycles. The van der Waals surface area contributed by atoms with Crippen LogP contribution in [-0.2, 0) is 6.42 Å². The highest BCUT2D eigenvalue weighted by molar-refractivity contribution is 7.10. The van der Waals surface area contributed by atoms with Crippen LogP contribution < -0.4 is 21.7 Å². The largest absolute Gasteiger partial charge is 0.381 e. The number of amides is 1. The Hall–Kier alpha value is -2.12. The second-order valence-corrected chi connectivity index (χ2v) is 8.03. The average molecular weight is 372 g/mol. The molecule has 2 aliphatic rings. The molecule has 26 heavy (non-hydrogen) atoms. The number of aryl methyl sites for hydroxylation is 1. The highest BCUT2D eigenvalue weighted by atomic mass is 32.1. The van der Waals surface area contributed by atoms with Crippen molar-refractivity contribution >= 4 is 33.8 Å². The van der Waals surface area contributed by atoms with Gasteiger partial charge in [0.1, 0.15) is 5.00 Å². The number of nitrogens with one attached hydrogen (secondary N) is 3. The number of hydrogen-bond acceptors (Lipinski definition) is 6. The van der Waals surface area contributed by atoms with Gasteiger partial charge in [0.25, 0.3) is 5.91 Å². The maximum Gasteiger partial charge on any atom is 0.253 e. The molecule has 1 aromatic heterocycles. The Morgan fingerprint density at radius 1 is 1.27 bits per heavy atom. The standard InChI is InChI=1S/C19H25N5OS/c1-11-8-17(26-24-11)23-16-10-13(22-15-5-3-2-4-14(15)20)9-12-6-7-21-19(25)18(12)16/h8-10,14-15,22-23H,2-7,20H2,1H3,(H,21,25)/t14-,15+/m0/s1. The van der Waals surface area contributed by atoms with E-state index >= 15 is 0 Å². The van der Waals surface area contributed by atoms with Crippen LogP contribution in [0.2, 0.25) is 0 Å². The lowest BCUT2D eigenvalue weighted by Crippen LogP contribution is -2.42. The van der Waals surface area contributed by atoms with E-state index in [-0.39, 0.29) is 18.0 Å². The lowest BCUT2D eigenvalue weighted by Gasteiger charge is -2.31. The van der Waals surface area contributed by atoms with Crippen molar-refractivity contribution in [3.63, 3.8) is 0 Å². The van der Waals surface area contributed by atoms with E-state index in [1.165, 1.54) is 24.4 Å². The van der Waals surface area contributed by atoms with Crippen LogP contribution in [0.25, 0.3) is 0 Å². The highest BCUT2D eigenvalue weighted by Gasteiger charge is 2.25. The fourth-order valence-corrected chi connectivity index (χ4v) is 4.53. The highest BCUT2D eigenvalue weighted by Crippen LogP contribution is 2.33. The van der Waals surface area contributed by atoms with Gasteiger partial charge in [-0.05, 0) is 61.5 Å². The number of carbonyl (C=O) groups excluding carboxylic acids is 1. The van der Waals surface area contributed by atoms with Crippen molar-refractivity contribution in [1.82, 2.24) is 9.69 Å². The van der Waals surface area contributed by atoms with Gasteiger partial charge in [0.05, 0.1) is 16.9 Å². The molecule has 1 saturated carbocycles. The number of nitrogens with two attached hydrogens (primary N) is 1. The molecule has 1 amide bonds. The molecule has 0 radical (unpaired) electrons. The summed E-state index contributed by atoms with van der Waals surface area (Å²) in [4.78, 5) is 12.5. The summed E-state index contributed by atoms with van der Waals surface area (Å²) in [7, 11) is 0. The first-order valence-electron chi connectivity index (χ1n) is 9.28. The fourth-order valence-electron chi connectivity index (χ4n) is 3.86. The number of nitrogens with zero attached hydrogens (tertiary/aromatic N) is 1. The monoisotopic (exact) mass is 371 g/mol. The first-order valence-corrected chi connectivity index (χ1v) is 10.0. The fraction of sp³-hybridized carbons (Fsp3) is 0.474. The van der Waals surface area contributed by atoms with E-state index in [0.717, 1.165) is 52.5 Å². The van der Waals surface area contributed by atoms with E-state index < -0.39 is 0 Å². The summed E-state index contributed by atoms with van der Waals surface area (Å²) in [6.07, 6.45) is 5.42. The third kappa shape index (κ3) is 3.54. The normalized spacial score (nSPS) is 22.5. The minimum Gasteiger partial charge on any atom is -0.381 e. The SMILES string of the molecule is Cc1cc(Nc2cc(N[C@@H]3CCCC[C@@H]3N)cc3c2C(=O)NCC3)sn1. The Morgan fingerprint density at radius 2 is 2.12 bits per heavy atom. The first kappa shape index (κ1) is 17.3. The molecule has 1 aliphatic carbocycles. The second kappa shape index (κ2) is 7.25. The molecule has 1 aromatic carbocycles. The molecule has 7 heteroatoms. The molecule has 1 aliphatic heterocycles. The molecule has 2 atom stereocenters. The van der Waals surface area contributed by atoms with Crippen molar-refractivity contribution in [3.8, 4) is 0 Å². The summed E-state index contributed by atoms with van der Waals surface area (Å²) in [6, 6.07) is 6.61. The Labute approximate surface area is 157 Å². The molecule has 1 fully saturated rings. The van der Waals surface area contributed by atoms with E-state index in [1.807, 2.05) is 19.1 Å². The summed E-state index contributed by atoms with van der Waals surface area (Å²) in [6.45, 7) is 2.64. The van der Waals surface area contributed by atoms with Crippen LogP contribution >= 0.6 is 11.5 Å². The minimum atomic E-state index is -0.0177. The van der Waals surface area contributed by atoms with Crippen molar-refractivity contribution in [3.05, 3.63) is 35.0 Å². The van der Waals surface area contributed by atoms with Gasteiger partial charge in [0, 0.05) is 24.3 Å². The second-order valence-electron chi connectivity index (χ2n) is 7.22. The van der Waals surface area contributed by atoms with Crippen LogP contribution in [0.15, 0.2) is 18.2 Å². The molecule has 2 heterocycles. The average Bonchev–Trinajstić information content (AvgIpc) is 3.02. The van der Waals surface area contributed by atoms with Crippen LogP contribution in [0.3, 0.4) is 0 Å². The zero-order valence-electron chi connectivity index (χ0n) is 15.0. The predicted octanol–water partition coefficient (Wildman–Crippen LogP) is 3.16. The minimum absolute atomic E-state index is 0.0177. The Balaban J connectivity index is 1.67. The number of carbonyl (C=O) groups is 1. The molecule has 0 bridgehead atoms. The zero-order valence-corrected chi connectivity index (χ0v) is 15.8. The third-order valence-corrected chi connectivity index (χ3v) is 5.98. The summed E-state index contributed by atoms with van der Waals surface area (Å²) in [5.41, 5.74) is 10.9. The molecule has 138 valence electrons. The van der Waals surface area contributed by atoms with E-state index in [0.29, 0.717) is 6.54 Å². The lowest BCUT2D eigenvalue weighted by atomic mass is 9.90. The number of aromatic nitrogens is 1. The molecule has 2 aromatic rings. The van der Waals surface area contributed by atoms with Gasteiger partial charge in [-0.3, -0.25) is 4.79 Å². The molecule has 5 N–H and O–H groups in total. The van der Waals surface area contributed by atoms with Gasteiger partial charge in [0.2, 0.25) is 0 Å². The summed E-state index contributed by atoms with van der Waals surface area (Å²) >= 11 is 1.40. The Bertz CT molecular complexity index is 818. The summed E-state index contributed by atoms with van der Waals surface area (Å²) < 4.78 is 4.32. The number of fused-ring (bicyclic) bond motifs is 1. The van der Waals surface area contributed by atoms with Crippen molar-refractivity contribution in [2.75, 3.05) is 17.2 Å². The smallest absolute Gasteiger partial charge is 0.253 e. The quantitative estimate of drug-likeness (QED) is 0.663. The maximum absolute atomic E-state index is 12.5. The van der Waals surface area contributed by atoms with Gasteiger partial charge in [-0.25, -0.2) is 0 Å². The third-order valence-electron chi connectivity index (χ3n) is 5.18. The van der Waals surface area contributed by atoms with Gasteiger partial charge in [-0.2, -0.15) is 4.37 Å².